The molecule has 11 heteroatoms. The van der Waals surface area contributed by atoms with E-state index < -0.39 is 41.4 Å². The maximum absolute atomic E-state index is 13.6. The van der Waals surface area contributed by atoms with Crippen LogP contribution < -0.4 is 15.4 Å². The van der Waals surface area contributed by atoms with Crippen molar-refractivity contribution >= 4 is 17.6 Å². The number of urea groups is 1. The van der Waals surface area contributed by atoms with E-state index in [0.717, 1.165) is 24.4 Å². The van der Waals surface area contributed by atoms with Gasteiger partial charge in [-0.05, 0) is 25.1 Å². The molecule has 3 aromatic rings. The molecule has 3 amide bonds. The topological polar surface area (TPSA) is 80.3 Å². The molecule has 2 aromatic carbocycles. The molecule has 1 heterocycles. The Morgan fingerprint density at radius 1 is 1.00 bits per heavy atom. The van der Waals surface area contributed by atoms with Crippen molar-refractivity contribution in [2.45, 2.75) is 19.2 Å². The maximum Gasteiger partial charge on any atom is 0.429 e. The fraction of sp³-hybridized carbons (Fsp3) is 0.136. The highest BCUT2D eigenvalue weighted by atomic mass is 19.4. The molecule has 0 aliphatic carbocycles. The van der Waals surface area contributed by atoms with E-state index in [-0.39, 0.29) is 22.7 Å². The second kappa shape index (κ2) is 9.63. The summed E-state index contributed by atoms with van der Waals surface area (Å²) in [7, 11) is 0. The number of aromatic nitrogens is 1. The molecule has 0 radical (unpaired) electrons. The summed E-state index contributed by atoms with van der Waals surface area (Å²) in [6.45, 7) is 1.41. The van der Waals surface area contributed by atoms with E-state index in [4.69, 9.17) is 4.74 Å². The van der Waals surface area contributed by atoms with Gasteiger partial charge < -0.3 is 10.1 Å². The third kappa shape index (κ3) is 5.82. The maximum atomic E-state index is 13.6. The molecular formula is C22H16F5N3O3. The van der Waals surface area contributed by atoms with Gasteiger partial charge in [0.05, 0.1) is 11.9 Å². The number of halogens is 5. The molecule has 0 aliphatic rings. The molecule has 6 nitrogen and oxygen atoms in total. The number of imide groups is 1. The first-order valence-corrected chi connectivity index (χ1v) is 9.37. The van der Waals surface area contributed by atoms with Crippen LogP contribution in [-0.4, -0.2) is 23.1 Å². The Bertz CT molecular complexity index is 1150. The van der Waals surface area contributed by atoms with Crippen LogP contribution in [0.5, 0.6) is 5.88 Å². The Labute approximate surface area is 184 Å². The fourth-order valence-electron chi connectivity index (χ4n) is 2.86. The molecule has 0 bridgehead atoms. The summed E-state index contributed by atoms with van der Waals surface area (Å²) in [4.78, 5) is 27.8. The SMILES string of the molecule is Cc1cc(NC(=O)NC(=O)c2c(F)cccc2F)cnc1OC(c1ccccc1)C(F)(F)F. The Balaban J connectivity index is 1.71. The summed E-state index contributed by atoms with van der Waals surface area (Å²) in [6, 6.07) is 9.88. The molecule has 0 aliphatic heterocycles. The van der Waals surface area contributed by atoms with Crippen LogP contribution in [0.15, 0.2) is 60.8 Å². The van der Waals surface area contributed by atoms with Crippen molar-refractivity contribution in [3.63, 3.8) is 0 Å². The number of pyridine rings is 1. The minimum Gasteiger partial charge on any atom is -0.460 e. The number of aryl methyl sites for hydroxylation is 1. The Morgan fingerprint density at radius 3 is 2.21 bits per heavy atom. The van der Waals surface area contributed by atoms with E-state index in [0.29, 0.717) is 0 Å². The number of carbonyl (C=O) groups excluding carboxylic acids is 2. The van der Waals surface area contributed by atoms with Crippen molar-refractivity contribution in [3.8, 4) is 5.88 Å². The van der Waals surface area contributed by atoms with Crippen LogP contribution in [0.1, 0.15) is 27.6 Å². The van der Waals surface area contributed by atoms with E-state index in [1.165, 1.54) is 37.3 Å². The van der Waals surface area contributed by atoms with Gasteiger partial charge in [-0.25, -0.2) is 18.6 Å². The highest BCUT2D eigenvalue weighted by Crippen LogP contribution is 2.37. The summed E-state index contributed by atoms with van der Waals surface area (Å²) < 4.78 is 72.9. The first kappa shape index (κ1) is 23.6. The van der Waals surface area contributed by atoms with Crippen LogP contribution in [0.3, 0.4) is 0 Å². The normalized spacial score (nSPS) is 12.1. The van der Waals surface area contributed by atoms with E-state index in [1.54, 1.807) is 11.4 Å². The number of nitrogens with one attached hydrogen (secondary N) is 2. The number of rotatable bonds is 5. The highest BCUT2D eigenvalue weighted by Gasteiger charge is 2.43. The lowest BCUT2D eigenvalue weighted by atomic mass is 10.1. The van der Waals surface area contributed by atoms with Crippen LogP contribution in [0.25, 0.3) is 0 Å². The van der Waals surface area contributed by atoms with Crippen molar-refractivity contribution in [2.24, 2.45) is 0 Å². The van der Waals surface area contributed by atoms with Gasteiger partial charge >= 0.3 is 12.2 Å². The van der Waals surface area contributed by atoms with Crippen LogP contribution >= 0.6 is 0 Å². The van der Waals surface area contributed by atoms with Gasteiger partial charge in [0.2, 0.25) is 12.0 Å². The summed E-state index contributed by atoms with van der Waals surface area (Å²) in [6.07, 6.45) is -5.97. The van der Waals surface area contributed by atoms with Crippen molar-refractivity contribution in [1.29, 1.82) is 0 Å². The Morgan fingerprint density at radius 2 is 1.64 bits per heavy atom. The van der Waals surface area contributed by atoms with Crippen LogP contribution in [0.2, 0.25) is 0 Å². The van der Waals surface area contributed by atoms with E-state index in [2.05, 4.69) is 10.3 Å². The number of alkyl halides is 3. The fourth-order valence-corrected chi connectivity index (χ4v) is 2.86. The summed E-state index contributed by atoms with van der Waals surface area (Å²) in [5.41, 5.74) is -0.900. The lowest BCUT2D eigenvalue weighted by Gasteiger charge is -2.22. The lowest BCUT2D eigenvalue weighted by molar-refractivity contribution is -0.198. The van der Waals surface area contributed by atoms with E-state index in [9.17, 15) is 31.5 Å². The molecule has 1 aromatic heterocycles. The van der Waals surface area contributed by atoms with Gasteiger partial charge in [-0.3, -0.25) is 10.1 Å². The largest absolute Gasteiger partial charge is 0.460 e. The van der Waals surface area contributed by atoms with Crippen LogP contribution in [0, 0.1) is 18.6 Å². The second-order valence-electron chi connectivity index (χ2n) is 6.80. The second-order valence-corrected chi connectivity index (χ2v) is 6.80. The zero-order valence-corrected chi connectivity index (χ0v) is 16.9. The Kier molecular flexibility index (Phi) is 6.90. The number of benzene rings is 2. The van der Waals surface area contributed by atoms with Gasteiger partial charge in [0, 0.05) is 11.1 Å². The number of nitrogens with zero attached hydrogens (tertiary/aromatic N) is 1. The number of amides is 3. The third-order valence-electron chi connectivity index (χ3n) is 4.33. The average molecular weight is 465 g/mol. The van der Waals surface area contributed by atoms with Crippen molar-refractivity contribution in [3.05, 3.63) is 89.1 Å². The minimum atomic E-state index is -4.71. The molecule has 172 valence electrons. The van der Waals surface area contributed by atoms with Crippen molar-refractivity contribution in [2.75, 3.05) is 5.32 Å². The zero-order valence-electron chi connectivity index (χ0n) is 16.9. The molecular weight excluding hydrogens is 449 g/mol. The molecule has 3 rings (SSSR count). The van der Waals surface area contributed by atoms with Crippen molar-refractivity contribution < 1.29 is 36.3 Å². The molecule has 0 fully saturated rings. The van der Waals surface area contributed by atoms with Gasteiger partial charge in [-0.2, -0.15) is 13.2 Å². The summed E-state index contributed by atoms with van der Waals surface area (Å²) in [5, 5.41) is 3.97. The number of anilines is 1. The zero-order chi connectivity index (χ0) is 24.2. The first-order chi connectivity index (χ1) is 15.6. The number of hydrogen-bond donors (Lipinski definition) is 2. The molecule has 33 heavy (non-hydrogen) atoms. The molecule has 0 saturated heterocycles. The predicted molar refractivity (Wildman–Crippen MR) is 108 cm³/mol. The summed E-state index contributed by atoms with van der Waals surface area (Å²) in [5.74, 6) is -3.95. The lowest BCUT2D eigenvalue weighted by Crippen LogP contribution is -2.35. The quantitative estimate of drug-likeness (QED) is 0.501. The number of carbonyl (C=O) groups is 2. The van der Waals surface area contributed by atoms with E-state index >= 15 is 0 Å². The van der Waals surface area contributed by atoms with Gasteiger partial charge in [-0.15, -0.1) is 0 Å². The number of ether oxygens (including phenoxy) is 1. The first-order valence-electron chi connectivity index (χ1n) is 9.37. The molecule has 1 atom stereocenters. The van der Waals surface area contributed by atoms with E-state index in [1.807, 2.05) is 0 Å². The van der Waals surface area contributed by atoms with Crippen LogP contribution in [0.4, 0.5) is 32.4 Å². The number of hydrogen-bond acceptors (Lipinski definition) is 4. The molecule has 0 spiro atoms. The third-order valence-corrected chi connectivity index (χ3v) is 4.33. The predicted octanol–water partition coefficient (Wildman–Crippen LogP) is 5.31. The van der Waals surface area contributed by atoms with Gasteiger partial charge in [-0.1, -0.05) is 36.4 Å². The minimum absolute atomic E-state index is 0.00225. The van der Waals surface area contributed by atoms with Crippen LogP contribution in [-0.2, 0) is 0 Å². The Hall–Kier alpha value is -4.02. The highest BCUT2D eigenvalue weighted by molar-refractivity contribution is 6.08. The molecule has 2 N–H and O–H groups in total. The molecule has 1 unspecified atom stereocenters. The summed E-state index contributed by atoms with van der Waals surface area (Å²) >= 11 is 0. The van der Waals surface area contributed by atoms with Crippen molar-refractivity contribution in [1.82, 2.24) is 10.3 Å². The van der Waals surface area contributed by atoms with Gasteiger partial charge in [0.1, 0.15) is 17.2 Å². The monoisotopic (exact) mass is 465 g/mol. The average Bonchev–Trinajstić information content (AvgIpc) is 2.72. The van der Waals surface area contributed by atoms with Gasteiger partial charge in [0.25, 0.3) is 5.91 Å². The standard InChI is InChI=1S/C22H16F5N3O3/c1-12-10-14(29-21(32)30-19(31)17-15(23)8-5-9-16(17)24)11-28-20(12)33-18(22(25,26)27)13-6-3-2-4-7-13/h2-11,18H,1H3,(H2,29,30,31,32). The smallest absolute Gasteiger partial charge is 0.429 e. The van der Waals surface area contributed by atoms with Gasteiger partial charge in [0.15, 0.2) is 0 Å². The molecule has 0 saturated carbocycles.